The van der Waals surface area contributed by atoms with Gasteiger partial charge in [-0.3, -0.25) is 14.6 Å². The van der Waals surface area contributed by atoms with Crippen LogP contribution >= 0.6 is 11.6 Å². The van der Waals surface area contributed by atoms with Gasteiger partial charge in [0.05, 0.1) is 12.2 Å². The van der Waals surface area contributed by atoms with Gasteiger partial charge in [0, 0.05) is 23.7 Å². The zero-order valence-electron chi connectivity index (χ0n) is 15.3. The minimum atomic E-state index is -0.593. The quantitative estimate of drug-likeness (QED) is 0.808. The Morgan fingerprint density at radius 1 is 1.12 bits per heavy atom. The highest BCUT2D eigenvalue weighted by atomic mass is 35.5. The average Bonchev–Trinajstić information content (AvgIpc) is 2.65. The fourth-order valence-electron chi connectivity index (χ4n) is 2.49. The van der Waals surface area contributed by atoms with Crippen LogP contribution in [0.2, 0.25) is 5.02 Å². The lowest BCUT2D eigenvalue weighted by Gasteiger charge is -2.30. The molecule has 0 aliphatic rings. The molecular formula is C20H24ClN3O2. The van der Waals surface area contributed by atoms with Crippen molar-refractivity contribution in [3.05, 3.63) is 64.9 Å². The number of carbonyl (C=O) groups excluding carboxylic acids is 2. The van der Waals surface area contributed by atoms with Gasteiger partial charge >= 0.3 is 0 Å². The van der Waals surface area contributed by atoms with E-state index in [4.69, 9.17) is 11.6 Å². The largest absolute Gasteiger partial charge is 0.349 e. The summed E-state index contributed by atoms with van der Waals surface area (Å²) in [6.07, 6.45) is 1.68. The van der Waals surface area contributed by atoms with Crippen molar-refractivity contribution in [3.8, 4) is 0 Å². The Balaban J connectivity index is 2.08. The van der Waals surface area contributed by atoms with E-state index in [0.29, 0.717) is 18.1 Å². The molecule has 0 radical (unpaired) electrons. The molecule has 0 aliphatic carbocycles. The Morgan fingerprint density at radius 2 is 1.81 bits per heavy atom. The van der Waals surface area contributed by atoms with Gasteiger partial charge in [0.15, 0.2) is 0 Å². The van der Waals surface area contributed by atoms with Crippen LogP contribution in [0.15, 0.2) is 48.7 Å². The maximum atomic E-state index is 12.6. The van der Waals surface area contributed by atoms with E-state index in [0.717, 1.165) is 11.3 Å². The van der Waals surface area contributed by atoms with Gasteiger partial charge in [-0.15, -0.1) is 0 Å². The molecule has 0 saturated heterocycles. The summed E-state index contributed by atoms with van der Waals surface area (Å²) in [5.41, 5.74) is 1.69. The molecule has 2 amide bonds. The third kappa shape index (κ3) is 5.56. The van der Waals surface area contributed by atoms with Gasteiger partial charge < -0.3 is 10.2 Å². The molecule has 0 saturated carbocycles. The first-order valence-corrected chi connectivity index (χ1v) is 8.99. The van der Waals surface area contributed by atoms with Gasteiger partial charge in [0.1, 0.15) is 6.04 Å². The summed E-state index contributed by atoms with van der Waals surface area (Å²) < 4.78 is 0. The lowest BCUT2D eigenvalue weighted by atomic mass is 10.1. The van der Waals surface area contributed by atoms with Crippen molar-refractivity contribution in [3.63, 3.8) is 0 Å². The molecule has 2 aromatic rings. The smallest absolute Gasteiger partial charge is 0.242 e. The van der Waals surface area contributed by atoms with Crippen molar-refractivity contribution >= 4 is 23.4 Å². The molecule has 0 fully saturated rings. The van der Waals surface area contributed by atoms with Crippen molar-refractivity contribution in [2.75, 3.05) is 0 Å². The molecule has 0 unspecified atom stereocenters. The second kappa shape index (κ2) is 9.34. The van der Waals surface area contributed by atoms with E-state index in [1.807, 2.05) is 44.2 Å². The first-order chi connectivity index (χ1) is 12.4. The second-order valence-electron chi connectivity index (χ2n) is 6.46. The van der Waals surface area contributed by atoms with Crippen molar-refractivity contribution in [2.45, 2.75) is 39.9 Å². The van der Waals surface area contributed by atoms with E-state index in [1.165, 1.54) is 0 Å². The Morgan fingerprint density at radius 3 is 2.38 bits per heavy atom. The standard InChI is InChI=1S/C20H24ClN3O2/c1-14(2)20(26)24(13-16-7-9-17(21)10-8-16)15(3)19(25)23-12-18-6-4-5-11-22-18/h4-11,14-15H,12-13H2,1-3H3,(H,23,25)/t15-/m1/s1. The number of pyridine rings is 1. The molecule has 1 N–H and O–H groups in total. The molecule has 0 bridgehead atoms. The number of rotatable bonds is 7. The topological polar surface area (TPSA) is 62.3 Å². The van der Waals surface area contributed by atoms with E-state index in [-0.39, 0.29) is 17.7 Å². The third-order valence-corrected chi connectivity index (χ3v) is 4.31. The number of hydrogen-bond donors (Lipinski definition) is 1. The number of benzene rings is 1. The molecule has 0 aliphatic heterocycles. The minimum absolute atomic E-state index is 0.0690. The molecule has 5 nitrogen and oxygen atoms in total. The van der Waals surface area contributed by atoms with Crippen LogP contribution in [0, 0.1) is 5.92 Å². The highest BCUT2D eigenvalue weighted by molar-refractivity contribution is 6.30. The van der Waals surface area contributed by atoms with Gasteiger partial charge in [0.25, 0.3) is 0 Å². The average molecular weight is 374 g/mol. The van der Waals surface area contributed by atoms with Crippen LogP contribution in [0.25, 0.3) is 0 Å². The fourth-order valence-corrected chi connectivity index (χ4v) is 2.62. The number of hydrogen-bond acceptors (Lipinski definition) is 3. The fraction of sp³-hybridized carbons (Fsp3) is 0.350. The molecule has 1 aromatic carbocycles. The van der Waals surface area contributed by atoms with Crippen LogP contribution in [0.1, 0.15) is 32.0 Å². The molecule has 1 aromatic heterocycles. The third-order valence-electron chi connectivity index (χ3n) is 4.06. The van der Waals surface area contributed by atoms with Crippen molar-refractivity contribution < 1.29 is 9.59 Å². The van der Waals surface area contributed by atoms with Gasteiger partial charge in [-0.25, -0.2) is 0 Å². The molecule has 1 atom stereocenters. The van der Waals surface area contributed by atoms with Crippen LogP contribution in [-0.2, 0) is 22.7 Å². The van der Waals surface area contributed by atoms with E-state index >= 15 is 0 Å². The van der Waals surface area contributed by atoms with E-state index in [1.54, 1.807) is 30.2 Å². The summed E-state index contributed by atoms with van der Waals surface area (Å²) in [6, 6.07) is 12.2. The summed E-state index contributed by atoms with van der Waals surface area (Å²) in [5, 5.41) is 3.49. The van der Waals surface area contributed by atoms with E-state index in [2.05, 4.69) is 10.3 Å². The predicted molar refractivity (Wildman–Crippen MR) is 102 cm³/mol. The maximum Gasteiger partial charge on any atom is 0.242 e. The summed E-state index contributed by atoms with van der Waals surface area (Å²) in [4.78, 5) is 31.0. The van der Waals surface area contributed by atoms with E-state index in [9.17, 15) is 9.59 Å². The number of halogens is 1. The molecular weight excluding hydrogens is 350 g/mol. The lowest BCUT2D eigenvalue weighted by Crippen LogP contribution is -2.48. The highest BCUT2D eigenvalue weighted by Crippen LogP contribution is 2.15. The number of amides is 2. The number of nitrogens with one attached hydrogen (secondary N) is 1. The normalized spacial score (nSPS) is 11.9. The van der Waals surface area contributed by atoms with E-state index < -0.39 is 6.04 Å². The number of carbonyl (C=O) groups is 2. The Hall–Kier alpha value is -2.40. The second-order valence-corrected chi connectivity index (χ2v) is 6.90. The molecule has 138 valence electrons. The van der Waals surface area contributed by atoms with Crippen LogP contribution in [0.3, 0.4) is 0 Å². The summed E-state index contributed by atoms with van der Waals surface area (Å²) in [6.45, 7) is 6.08. The zero-order valence-corrected chi connectivity index (χ0v) is 16.0. The Labute approximate surface area is 159 Å². The number of nitrogens with zero attached hydrogens (tertiary/aromatic N) is 2. The van der Waals surface area contributed by atoms with Crippen molar-refractivity contribution in [1.29, 1.82) is 0 Å². The Bertz CT molecular complexity index is 732. The monoisotopic (exact) mass is 373 g/mol. The van der Waals surface area contributed by atoms with Gasteiger partial charge in [-0.1, -0.05) is 43.6 Å². The Kier molecular flexibility index (Phi) is 7.16. The van der Waals surface area contributed by atoms with Gasteiger partial charge in [0.2, 0.25) is 11.8 Å². The summed E-state index contributed by atoms with van der Waals surface area (Å²) in [5.74, 6) is -0.479. The lowest BCUT2D eigenvalue weighted by molar-refractivity contribution is -0.143. The maximum absolute atomic E-state index is 12.6. The van der Waals surface area contributed by atoms with Crippen LogP contribution in [0.4, 0.5) is 0 Å². The first kappa shape index (κ1) is 19.9. The van der Waals surface area contributed by atoms with Crippen molar-refractivity contribution in [1.82, 2.24) is 15.2 Å². The predicted octanol–water partition coefficient (Wildman–Crippen LogP) is 3.42. The van der Waals surface area contributed by atoms with Gasteiger partial charge in [-0.05, 0) is 36.8 Å². The SMILES string of the molecule is CC(C)C(=O)N(Cc1ccc(Cl)cc1)[C@H](C)C(=O)NCc1ccccn1. The van der Waals surface area contributed by atoms with Gasteiger partial charge in [-0.2, -0.15) is 0 Å². The molecule has 6 heteroatoms. The summed E-state index contributed by atoms with van der Waals surface area (Å²) in [7, 11) is 0. The van der Waals surface area contributed by atoms with Crippen LogP contribution in [-0.4, -0.2) is 27.7 Å². The van der Waals surface area contributed by atoms with Crippen LogP contribution in [0.5, 0.6) is 0 Å². The summed E-state index contributed by atoms with van der Waals surface area (Å²) >= 11 is 5.92. The number of aromatic nitrogens is 1. The van der Waals surface area contributed by atoms with Crippen molar-refractivity contribution in [2.24, 2.45) is 5.92 Å². The molecule has 0 spiro atoms. The van der Waals surface area contributed by atoms with Crippen LogP contribution < -0.4 is 5.32 Å². The molecule has 2 rings (SSSR count). The molecule has 26 heavy (non-hydrogen) atoms. The highest BCUT2D eigenvalue weighted by Gasteiger charge is 2.27. The molecule has 1 heterocycles. The zero-order chi connectivity index (χ0) is 19.1. The first-order valence-electron chi connectivity index (χ1n) is 8.61. The minimum Gasteiger partial charge on any atom is -0.349 e.